The van der Waals surface area contributed by atoms with E-state index in [9.17, 15) is 9.59 Å². The highest BCUT2D eigenvalue weighted by atomic mass is 16.5. The number of carbonyl (C=O) groups is 2. The summed E-state index contributed by atoms with van der Waals surface area (Å²) < 4.78 is 10.5. The summed E-state index contributed by atoms with van der Waals surface area (Å²) in [6.07, 6.45) is 6.56. The molecular weight excluding hydrogens is 294 g/mol. The Labute approximate surface area is 136 Å². The van der Waals surface area contributed by atoms with Crippen LogP contribution in [0, 0.1) is 0 Å². The lowest BCUT2D eigenvalue weighted by Crippen LogP contribution is -2.34. The summed E-state index contributed by atoms with van der Waals surface area (Å²) in [6, 6.07) is 5.69. The van der Waals surface area contributed by atoms with Gasteiger partial charge in [-0.15, -0.1) is 0 Å². The summed E-state index contributed by atoms with van der Waals surface area (Å²) in [5, 5.41) is 2.74. The van der Waals surface area contributed by atoms with Crippen LogP contribution in [0.25, 0.3) is 0 Å². The highest BCUT2D eigenvalue weighted by Gasteiger charge is 2.17. The molecule has 1 fully saturated rings. The first-order valence-electron chi connectivity index (χ1n) is 8.39. The van der Waals surface area contributed by atoms with Crippen LogP contribution in [-0.2, 0) is 27.1 Å². The number of hydrogen-bond acceptors (Lipinski definition) is 4. The number of aryl methyl sites for hydroxylation is 2. The van der Waals surface area contributed by atoms with Crippen molar-refractivity contribution in [2.45, 2.75) is 44.6 Å². The van der Waals surface area contributed by atoms with E-state index < -0.39 is 5.97 Å². The summed E-state index contributed by atoms with van der Waals surface area (Å²) >= 11 is 0. The van der Waals surface area contributed by atoms with Crippen LogP contribution in [0.5, 0.6) is 0 Å². The van der Waals surface area contributed by atoms with Gasteiger partial charge in [-0.25, -0.2) is 4.79 Å². The Kier molecular flexibility index (Phi) is 5.28. The average Bonchev–Trinajstić information content (AvgIpc) is 3.11. The molecule has 3 rings (SSSR count). The van der Waals surface area contributed by atoms with Crippen molar-refractivity contribution in [1.82, 2.24) is 5.32 Å². The summed E-state index contributed by atoms with van der Waals surface area (Å²) in [5.41, 5.74) is 3.08. The second-order valence-corrected chi connectivity index (χ2v) is 6.21. The van der Waals surface area contributed by atoms with Crippen molar-refractivity contribution in [1.29, 1.82) is 0 Å². The summed E-state index contributed by atoms with van der Waals surface area (Å²) in [4.78, 5) is 23.8. The second kappa shape index (κ2) is 7.59. The normalized spacial score (nSPS) is 19.9. The van der Waals surface area contributed by atoms with Gasteiger partial charge in [-0.05, 0) is 61.8 Å². The molecule has 1 N–H and O–H groups in total. The Balaban J connectivity index is 1.46. The molecule has 0 saturated carbocycles. The fourth-order valence-electron chi connectivity index (χ4n) is 3.16. The zero-order valence-corrected chi connectivity index (χ0v) is 13.3. The predicted octanol–water partition coefficient (Wildman–Crippen LogP) is 2.02. The van der Waals surface area contributed by atoms with Crippen LogP contribution in [0.4, 0.5) is 0 Å². The predicted molar refractivity (Wildman–Crippen MR) is 85.4 cm³/mol. The minimum absolute atomic E-state index is 0.0929. The van der Waals surface area contributed by atoms with Gasteiger partial charge in [-0.3, -0.25) is 4.79 Å². The maximum absolute atomic E-state index is 12.1. The van der Waals surface area contributed by atoms with Crippen LogP contribution < -0.4 is 5.32 Å². The van der Waals surface area contributed by atoms with Crippen molar-refractivity contribution in [3.63, 3.8) is 0 Å². The smallest absolute Gasteiger partial charge is 0.338 e. The summed E-state index contributed by atoms with van der Waals surface area (Å²) in [7, 11) is 0. The molecule has 1 aliphatic heterocycles. The monoisotopic (exact) mass is 317 g/mol. The highest BCUT2D eigenvalue weighted by Crippen LogP contribution is 2.22. The number of amides is 1. The third-order valence-electron chi connectivity index (χ3n) is 4.47. The molecule has 1 heterocycles. The van der Waals surface area contributed by atoms with Crippen molar-refractivity contribution < 1.29 is 19.1 Å². The van der Waals surface area contributed by atoms with E-state index in [0.717, 1.165) is 38.7 Å². The zero-order valence-electron chi connectivity index (χ0n) is 13.3. The lowest BCUT2D eigenvalue weighted by atomic mass is 9.90. The first kappa shape index (κ1) is 16.0. The molecular formula is C18H23NO4. The van der Waals surface area contributed by atoms with Gasteiger partial charge >= 0.3 is 5.97 Å². The van der Waals surface area contributed by atoms with Gasteiger partial charge in [0.1, 0.15) is 0 Å². The number of nitrogens with one attached hydrogen (secondary N) is 1. The summed E-state index contributed by atoms with van der Waals surface area (Å²) in [5.74, 6) is -0.725. The number of ether oxygens (including phenoxy) is 2. The van der Waals surface area contributed by atoms with Gasteiger partial charge in [0, 0.05) is 13.2 Å². The Morgan fingerprint density at radius 1 is 1.17 bits per heavy atom. The molecule has 0 spiro atoms. The molecule has 124 valence electrons. The molecule has 0 aromatic heterocycles. The van der Waals surface area contributed by atoms with E-state index in [0.29, 0.717) is 12.1 Å². The number of rotatable bonds is 5. The zero-order chi connectivity index (χ0) is 16.1. The molecule has 0 radical (unpaired) electrons. The standard InChI is InChI=1S/C18H23NO4/c20-17(19-11-16-6-3-9-22-16)12-23-18(21)15-8-7-13-4-1-2-5-14(13)10-15/h7-8,10,16H,1-6,9,11-12H2,(H,19,20)/t16-/m1/s1. The SMILES string of the molecule is O=C(COC(=O)c1ccc2c(c1)CCCC2)NC[C@H]1CCCO1. The number of carbonyl (C=O) groups excluding carboxylic acids is 2. The number of fused-ring (bicyclic) bond motifs is 1. The van der Waals surface area contributed by atoms with Gasteiger partial charge in [-0.1, -0.05) is 6.07 Å². The molecule has 1 aliphatic carbocycles. The minimum Gasteiger partial charge on any atom is -0.452 e. The molecule has 5 heteroatoms. The largest absolute Gasteiger partial charge is 0.452 e. The Bertz CT molecular complexity index is 578. The minimum atomic E-state index is -0.439. The van der Waals surface area contributed by atoms with Crippen molar-refractivity contribution in [2.24, 2.45) is 0 Å². The highest BCUT2D eigenvalue weighted by molar-refractivity contribution is 5.91. The van der Waals surface area contributed by atoms with Crippen molar-refractivity contribution in [3.05, 3.63) is 34.9 Å². The topological polar surface area (TPSA) is 64.6 Å². The number of hydrogen-bond donors (Lipinski definition) is 1. The molecule has 1 amide bonds. The van der Waals surface area contributed by atoms with Crippen LogP contribution in [0.15, 0.2) is 18.2 Å². The average molecular weight is 317 g/mol. The Hall–Kier alpha value is -1.88. The maximum atomic E-state index is 12.1. The Morgan fingerprint density at radius 2 is 2.00 bits per heavy atom. The molecule has 0 unspecified atom stereocenters. The van der Waals surface area contributed by atoms with Gasteiger partial charge < -0.3 is 14.8 Å². The van der Waals surface area contributed by atoms with Crippen LogP contribution in [-0.4, -0.2) is 37.7 Å². The number of esters is 1. The fraction of sp³-hybridized carbons (Fsp3) is 0.556. The molecule has 0 bridgehead atoms. The molecule has 2 aliphatic rings. The maximum Gasteiger partial charge on any atom is 0.338 e. The first-order valence-corrected chi connectivity index (χ1v) is 8.39. The van der Waals surface area contributed by atoms with Crippen LogP contribution in [0.2, 0.25) is 0 Å². The lowest BCUT2D eigenvalue weighted by molar-refractivity contribution is -0.124. The fourth-order valence-corrected chi connectivity index (χ4v) is 3.16. The third kappa shape index (κ3) is 4.32. The second-order valence-electron chi connectivity index (χ2n) is 6.21. The third-order valence-corrected chi connectivity index (χ3v) is 4.47. The molecule has 1 atom stereocenters. The molecule has 1 aromatic carbocycles. The van der Waals surface area contributed by atoms with Crippen molar-refractivity contribution in [3.8, 4) is 0 Å². The van der Waals surface area contributed by atoms with E-state index in [1.165, 1.54) is 17.5 Å². The summed E-state index contributed by atoms with van der Waals surface area (Å²) in [6.45, 7) is 0.992. The van der Waals surface area contributed by atoms with Crippen LogP contribution >= 0.6 is 0 Å². The quantitative estimate of drug-likeness (QED) is 0.844. The van der Waals surface area contributed by atoms with Gasteiger partial charge in [-0.2, -0.15) is 0 Å². The van der Waals surface area contributed by atoms with E-state index in [1.54, 1.807) is 6.07 Å². The van der Waals surface area contributed by atoms with Crippen molar-refractivity contribution >= 4 is 11.9 Å². The van der Waals surface area contributed by atoms with Crippen molar-refractivity contribution in [2.75, 3.05) is 19.8 Å². The van der Waals surface area contributed by atoms with E-state index in [4.69, 9.17) is 9.47 Å². The van der Waals surface area contributed by atoms with E-state index in [-0.39, 0.29) is 18.6 Å². The van der Waals surface area contributed by atoms with Gasteiger partial charge in [0.2, 0.25) is 0 Å². The molecule has 1 saturated heterocycles. The molecule has 5 nitrogen and oxygen atoms in total. The van der Waals surface area contributed by atoms with E-state index in [2.05, 4.69) is 5.32 Å². The van der Waals surface area contributed by atoms with Gasteiger partial charge in [0.25, 0.3) is 5.91 Å². The van der Waals surface area contributed by atoms with E-state index in [1.807, 2.05) is 12.1 Å². The lowest BCUT2D eigenvalue weighted by Gasteiger charge is -2.16. The molecule has 23 heavy (non-hydrogen) atoms. The van der Waals surface area contributed by atoms with Crippen LogP contribution in [0.3, 0.4) is 0 Å². The Morgan fingerprint density at radius 3 is 2.78 bits per heavy atom. The molecule has 1 aromatic rings. The van der Waals surface area contributed by atoms with Crippen LogP contribution in [0.1, 0.15) is 47.2 Å². The van der Waals surface area contributed by atoms with Gasteiger partial charge in [0.15, 0.2) is 6.61 Å². The van der Waals surface area contributed by atoms with E-state index >= 15 is 0 Å². The van der Waals surface area contributed by atoms with Gasteiger partial charge in [0.05, 0.1) is 11.7 Å². The first-order chi connectivity index (χ1) is 11.2. The number of benzene rings is 1.